The first-order valence-electron chi connectivity index (χ1n) is 5.51. The monoisotopic (exact) mass is 362 g/mol. The number of nitrogens with one attached hydrogen (secondary N) is 2. The minimum Gasteiger partial charge on any atom is -0.356 e. The van der Waals surface area contributed by atoms with Crippen molar-refractivity contribution in [2.24, 2.45) is 4.99 Å². The average molecular weight is 362 g/mol. The second kappa shape index (κ2) is 7.14. The molecule has 7 heteroatoms. The van der Waals surface area contributed by atoms with Crippen LogP contribution in [-0.4, -0.2) is 24.0 Å². The van der Waals surface area contributed by atoms with Crippen molar-refractivity contribution in [3.8, 4) is 0 Å². The van der Waals surface area contributed by atoms with Gasteiger partial charge in [-0.15, -0.1) is 24.0 Å². The van der Waals surface area contributed by atoms with Crippen LogP contribution in [0.15, 0.2) is 29.3 Å². The van der Waals surface area contributed by atoms with Crippen LogP contribution in [0.4, 0.5) is 5.69 Å². The Morgan fingerprint density at radius 3 is 2.67 bits per heavy atom. The molecule has 0 aromatic heterocycles. The van der Waals surface area contributed by atoms with Crippen LogP contribution in [-0.2, 0) is 6.54 Å². The molecule has 1 aromatic rings. The second-order valence-corrected chi connectivity index (χ2v) is 3.79. The molecule has 18 heavy (non-hydrogen) atoms. The Kier molecular flexibility index (Phi) is 5.83. The zero-order valence-electron chi connectivity index (χ0n) is 9.76. The lowest BCUT2D eigenvalue weighted by Gasteiger charge is -2.15. The number of rotatable bonds is 3. The number of halogens is 1. The van der Waals surface area contributed by atoms with Gasteiger partial charge in [-0.25, -0.2) is 0 Å². The van der Waals surface area contributed by atoms with Crippen LogP contribution in [0.5, 0.6) is 0 Å². The highest BCUT2D eigenvalue weighted by Crippen LogP contribution is 2.11. The van der Waals surface area contributed by atoms with Crippen molar-refractivity contribution in [1.29, 1.82) is 0 Å². The average Bonchev–Trinajstić information content (AvgIpc) is 2.38. The zero-order chi connectivity index (χ0) is 12.1. The zero-order valence-corrected chi connectivity index (χ0v) is 12.1. The number of nitro groups is 1. The molecule has 2 rings (SSSR count). The van der Waals surface area contributed by atoms with E-state index in [2.05, 4.69) is 15.6 Å². The fourth-order valence-electron chi connectivity index (χ4n) is 1.57. The van der Waals surface area contributed by atoms with Crippen molar-refractivity contribution >= 4 is 35.6 Å². The van der Waals surface area contributed by atoms with Crippen molar-refractivity contribution in [2.75, 3.05) is 13.1 Å². The second-order valence-electron chi connectivity index (χ2n) is 3.79. The first-order valence-corrected chi connectivity index (χ1v) is 5.51. The number of non-ortho nitro benzene ring substituents is 1. The first kappa shape index (κ1) is 14.7. The molecule has 1 aliphatic heterocycles. The van der Waals surface area contributed by atoms with Gasteiger partial charge in [0.15, 0.2) is 5.96 Å². The minimum absolute atomic E-state index is 0. The molecule has 0 bridgehead atoms. The lowest BCUT2D eigenvalue weighted by molar-refractivity contribution is -0.384. The Morgan fingerprint density at radius 1 is 1.39 bits per heavy atom. The summed E-state index contributed by atoms with van der Waals surface area (Å²) in [5, 5.41) is 16.8. The first-order chi connectivity index (χ1) is 8.25. The molecule has 0 aliphatic carbocycles. The lowest BCUT2D eigenvalue weighted by atomic mass is 10.2. The fourth-order valence-corrected chi connectivity index (χ4v) is 1.57. The Morgan fingerprint density at radius 2 is 2.11 bits per heavy atom. The van der Waals surface area contributed by atoms with E-state index in [1.807, 2.05) is 0 Å². The third-order valence-corrected chi connectivity index (χ3v) is 2.50. The van der Waals surface area contributed by atoms with E-state index in [-0.39, 0.29) is 29.7 Å². The van der Waals surface area contributed by atoms with E-state index in [9.17, 15) is 10.1 Å². The van der Waals surface area contributed by atoms with E-state index in [4.69, 9.17) is 0 Å². The van der Waals surface area contributed by atoms with E-state index in [1.54, 1.807) is 12.1 Å². The van der Waals surface area contributed by atoms with Gasteiger partial charge in [-0.1, -0.05) is 12.1 Å². The van der Waals surface area contributed by atoms with Gasteiger partial charge in [0.05, 0.1) is 4.92 Å². The summed E-state index contributed by atoms with van der Waals surface area (Å²) in [5.41, 5.74) is 1.10. The van der Waals surface area contributed by atoms with Crippen LogP contribution in [0.3, 0.4) is 0 Å². The quantitative estimate of drug-likeness (QED) is 0.487. The summed E-state index contributed by atoms with van der Waals surface area (Å²) >= 11 is 0. The topological polar surface area (TPSA) is 79.6 Å². The third-order valence-electron chi connectivity index (χ3n) is 2.50. The van der Waals surface area contributed by atoms with Gasteiger partial charge in [-0.3, -0.25) is 15.1 Å². The molecule has 0 fully saturated rings. The molecule has 0 saturated carbocycles. The molecule has 98 valence electrons. The maximum atomic E-state index is 10.5. The molecule has 0 spiro atoms. The lowest BCUT2D eigenvalue weighted by Crippen LogP contribution is -2.40. The molecular weight excluding hydrogens is 347 g/mol. The summed E-state index contributed by atoms with van der Waals surface area (Å²) in [7, 11) is 0. The summed E-state index contributed by atoms with van der Waals surface area (Å²) in [6, 6.07) is 6.50. The summed E-state index contributed by atoms with van der Waals surface area (Å²) in [6.07, 6.45) is 1.06. The van der Waals surface area contributed by atoms with E-state index in [1.165, 1.54) is 12.1 Å². The molecular formula is C11H15IN4O2. The highest BCUT2D eigenvalue weighted by atomic mass is 127. The number of nitrogens with zero attached hydrogens (tertiary/aromatic N) is 2. The van der Waals surface area contributed by atoms with Crippen molar-refractivity contribution in [1.82, 2.24) is 10.6 Å². The molecule has 0 atom stereocenters. The maximum absolute atomic E-state index is 10.5. The normalized spacial score (nSPS) is 13.9. The number of hydrogen-bond acceptors (Lipinski definition) is 5. The van der Waals surface area contributed by atoms with Crippen LogP contribution in [0.1, 0.15) is 12.0 Å². The molecule has 6 nitrogen and oxygen atoms in total. The van der Waals surface area contributed by atoms with E-state index in [0.29, 0.717) is 6.54 Å². The number of guanidine groups is 1. The minimum atomic E-state index is -0.399. The van der Waals surface area contributed by atoms with Gasteiger partial charge in [0.25, 0.3) is 5.69 Å². The number of aliphatic imine (C=N–C) groups is 1. The van der Waals surface area contributed by atoms with Gasteiger partial charge < -0.3 is 10.6 Å². The number of benzene rings is 1. The molecule has 1 aromatic carbocycles. The standard InChI is InChI=1S/C11H14N4O2.HI/c16-15(17)10-4-2-9(3-5-10)8-14-11-12-6-1-7-13-11;/h2-5H,1,6-8H2,(H2,12,13,14);1H. The predicted molar refractivity (Wildman–Crippen MR) is 80.3 cm³/mol. The van der Waals surface area contributed by atoms with Crippen molar-refractivity contribution in [3.63, 3.8) is 0 Å². The van der Waals surface area contributed by atoms with Gasteiger partial charge in [0, 0.05) is 31.8 Å². The van der Waals surface area contributed by atoms with Crippen LogP contribution in [0, 0.1) is 10.1 Å². The molecule has 1 aliphatic rings. The Balaban J connectivity index is 0.00000162. The van der Waals surface area contributed by atoms with Gasteiger partial charge in [0.2, 0.25) is 0 Å². The van der Waals surface area contributed by atoms with Gasteiger partial charge in [-0.2, -0.15) is 0 Å². The number of nitro benzene ring substituents is 1. The molecule has 2 N–H and O–H groups in total. The highest BCUT2D eigenvalue weighted by Gasteiger charge is 2.05. The third kappa shape index (κ3) is 4.13. The van der Waals surface area contributed by atoms with E-state index in [0.717, 1.165) is 31.0 Å². The number of hydrogen-bond donors (Lipinski definition) is 2. The summed E-state index contributed by atoms with van der Waals surface area (Å²) in [6.45, 7) is 2.39. The van der Waals surface area contributed by atoms with Crippen molar-refractivity contribution in [3.05, 3.63) is 39.9 Å². The van der Waals surface area contributed by atoms with Crippen molar-refractivity contribution < 1.29 is 4.92 Å². The Hall–Kier alpha value is -1.38. The largest absolute Gasteiger partial charge is 0.356 e. The van der Waals surface area contributed by atoms with Crippen LogP contribution < -0.4 is 10.6 Å². The highest BCUT2D eigenvalue weighted by molar-refractivity contribution is 14.0. The predicted octanol–water partition coefficient (Wildman–Crippen LogP) is 1.65. The maximum Gasteiger partial charge on any atom is 0.269 e. The molecule has 0 amide bonds. The molecule has 0 radical (unpaired) electrons. The van der Waals surface area contributed by atoms with Crippen LogP contribution >= 0.6 is 24.0 Å². The summed E-state index contributed by atoms with van der Waals surface area (Å²) in [5.74, 6) is 0.801. The molecule has 0 unspecified atom stereocenters. The van der Waals surface area contributed by atoms with Crippen LogP contribution in [0.25, 0.3) is 0 Å². The molecule has 1 heterocycles. The summed E-state index contributed by atoms with van der Waals surface area (Å²) in [4.78, 5) is 14.4. The van der Waals surface area contributed by atoms with Crippen molar-refractivity contribution in [2.45, 2.75) is 13.0 Å². The molecule has 0 saturated heterocycles. The van der Waals surface area contributed by atoms with E-state index >= 15 is 0 Å². The SMILES string of the molecule is I.O=[N+]([O-])c1ccc(CNC2=NCCCN2)cc1. The Bertz CT molecular complexity index is 433. The van der Waals surface area contributed by atoms with E-state index < -0.39 is 4.92 Å². The van der Waals surface area contributed by atoms with Gasteiger partial charge in [-0.05, 0) is 12.0 Å². The van der Waals surface area contributed by atoms with Gasteiger partial charge in [0.1, 0.15) is 0 Å². The van der Waals surface area contributed by atoms with Gasteiger partial charge >= 0.3 is 0 Å². The smallest absolute Gasteiger partial charge is 0.269 e. The Labute approximate surface area is 122 Å². The fraction of sp³-hybridized carbons (Fsp3) is 0.364. The summed E-state index contributed by atoms with van der Waals surface area (Å²) < 4.78 is 0. The van der Waals surface area contributed by atoms with Crippen LogP contribution in [0.2, 0.25) is 0 Å².